The number of carbonyl (C=O) groups is 3. The second kappa shape index (κ2) is 28.1. The lowest BCUT2D eigenvalue weighted by molar-refractivity contribution is -0.124. The molecule has 0 spiro atoms. The van der Waals surface area contributed by atoms with Crippen LogP contribution in [0.25, 0.3) is 0 Å². The molecule has 0 bridgehead atoms. The van der Waals surface area contributed by atoms with Gasteiger partial charge in [0.05, 0.1) is 17.5 Å². The van der Waals surface area contributed by atoms with E-state index in [1.165, 1.54) is 21.6 Å². The molecule has 272 valence electrons. The van der Waals surface area contributed by atoms with Crippen LogP contribution in [0.4, 0.5) is 4.79 Å². The molecule has 0 saturated carbocycles. The highest BCUT2D eigenvalue weighted by molar-refractivity contribution is 8.77. The van der Waals surface area contributed by atoms with E-state index in [2.05, 4.69) is 89.7 Å². The number of ether oxygens (including phenoxy) is 1. The van der Waals surface area contributed by atoms with E-state index >= 15 is 0 Å². The number of alkyl carbamates (subject to hydrolysis) is 1. The van der Waals surface area contributed by atoms with Crippen molar-refractivity contribution in [2.75, 3.05) is 25.4 Å². The third-order valence-electron chi connectivity index (χ3n) is 6.26. The fourth-order valence-corrected chi connectivity index (χ4v) is 6.32. The maximum absolute atomic E-state index is 12.9. The Kier molecular flexibility index (Phi) is 26.5. The van der Waals surface area contributed by atoms with Crippen LogP contribution in [0.1, 0.15) is 92.9 Å². The molecule has 2 atom stereocenters. The van der Waals surface area contributed by atoms with E-state index in [-0.39, 0.29) is 12.5 Å². The van der Waals surface area contributed by atoms with Crippen molar-refractivity contribution in [1.82, 2.24) is 16.0 Å². The second-order valence-corrected chi connectivity index (χ2v) is 15.5. The molecule has 5 N–H and O–H groups in total. The monoisotopic (exact) mass is 707 g/mol. The zero-order valence-corrected chi connectivity index (χ0v) is 31.5. The number of carbonyl (C=O) groups excluding carboxylic acids is 3. The fraction of sp³-hybridized carbons (Fsp3) is 0.595. The van der Waals surface area contributed by atoms with E-state index < -0.39 is 41.1 Å². The molecule has 0 aliphatic heterocycles. The molecule has 9 nitrogen and oxygen atoms in total. The molecule has 0 heterocycles. The molecule has 0 rings (SSSR count). The lowest BCUT2D eigenvalue weighted by Gasteiger charge is -2.33. The number of nitrogens with one attached hydrogen (secondary N) is 3. The SMILES string of the molecule is CC/C=C\C/C=C\C/C=C\C/C=C\C/C=C\C/C=C\CCC(=O)NCCSSC(C)(C)[C@H](NC(=O)OC(C)(C)C)C(=O)NC[C@@H](O)CO. The predicted octanol–water partition coefficient (Wildman–Crippen LogP) is 7.10. The standard InChI is InChI=1S/C37H61N3O6S2/c1-7-8-9-10-11-12-13-14-15-16-17-18-19-20-21-22-23-24-25-26-32(43)38-27-28-47-48-37(5,6)33(34(44)39-29-31(42)30-41)40-35(45)46-36(2,3)4/h8-9,11-12,14-15,17-18,20-21,23-24,31,33,41-42H,7,10,13,16,19,22,25-30H2,1-6H3,(H,38,43)(H,39,44)(H,40,45)/b9-8-,12-11-,15-14-,18-17-,21-20-,24-23-/t31-,33-/m1/s1. The summed E-state index contributed by atoms with van der Waals surface area (Å²) in [4.78, 5) is 37.6. The molecule has 0 unspecified atom stereocenters. The molecule has 48 heavy (non-hydrogen) atoms. The summed E-state index contributed by atoms with van der Waals surface area (Å²) in [6.45, 7) is 10.8. The Balaban J connectivity index is 4.30. The van der Waals surface area contributed by atoms with E-state index in [0.29, 0.717) is 25.1 Å². The van der Waals surface area contributed by atoms with E-state index in [9.17, 15) is 19.5 Å². The quantitative estimate of drug-likeness (QED) is 0.0385. The third kappa shape index (κ3) is 27.2. The topological polar surface area (TPSA) is 137 Å². The summed E-state index contributed by atoms with van der Waals surface area (Å²) in [5.74, 6) is 0.0730. The van der Waals surface area contributed by atoms with E-state index in [4.69, 9.17) is 9.84 Å². The van der Waals surface area contributed by atoms with Crippen LogP contribution >= 0.6 is 21.6 Å². The van der Waals surface area contributed by atoms with Crippen molar-refractivity contribution < 1.29 is 29.3 Å². The molecule has 3 amide bonds. The Morgan fingerprint density at radius 1 is 0.771 bits per heavy atom. The number of amides is 3. The minimum atomic E-state index is -1.11. The highest BCUT2D eigenvalue weighted by Gasteiger charge is 2.38. The summed E-state index contributed by atoms with van der Waals surface area (Å²) in [6.07, 6.45) is 30.8. The molecule has 11 heteroatoms. The fourth-order valence-electron chi connectivity index (χ4n) is 3.78. The second-order valence-electron chi connectivity index (χ2n) is 12.5. The van der Waals surface area contributed by atoms with Crippen molar-refractivity contribution in [1.29, 1.82) is 0 Å². The van der Waals surface area contributed by atoms with Crippen LogP contribution in [0.15, 0.2) is 72.9 Å². The van der Waals surface area contributed by atoms with Crippen LogP contribution in [-0.4, -0.2) is 76.1 Å². The van der Waals surface area contributed by atoms with Gasteiger partial charge in [-0.1, -0.05) is 101 Å². The minimum Gasteiger partial charge on any atom is -0.444 e. The molecule has 0 aliphatic rings. The molecule has 0 aliphatic carbocycles. The normalized spacial score (nSPS) is 14.2. The van der Waals surface area contributed by atoms with Crippen LogP contribution in [0.3, 0.4) is 0 Å². The molecule has 0 aromatic carbocycles. The van der Waals surface area contributed by atoms with E-state index in [0.717, 1.165) is 38.5 Å². The van der Waals surface area contributed by atoms with Crippen LogP contribution in [0.5, 0.6) is 0 Å². The number of rotatable bonds is 25. The number of allylic oxidation sites excluding steroid dienone is 12. The van der Waals surface area contributed by atoms with Crippen molar-refractivity contribution in [2.24, 2.45) is 0 Å². The molecule has 0 aromatic heterocycles. The maximum Gasteiger partial charge on any atom is 0.408 e. The van der Waals surface area contributed by atoms with Gasteiger partial charge in [-0.3, -0.25) is 9.59 Å². The van der Waals surface area contributed by atoms with E-state index in [1.54, 1.807) is 20.8 Å². The summed E-state index contributed by atoms with van der Waals surface area (Å²) < 4.78 is 4.57. The molecular weight excluding hydrogens is 647 g/mol. The molecular formula is C37H61N3O6S2. The largest absolute Gasteiger partial charge is 0.444 e. The zero-order valence-electron chi connectivity index (χ0n) is 29.9. The highest BCUT2D eigenvalue weighted by Crippen LogP contribution is 2.38. The Morgan fingerprint density at radius 3 is 1.75 bits per heavy atom. The van der Waals surface area contributed by atoms with Gasteiger partial charge in [0.1, 0.15) is 11.6 Å². The number of hydrogen-bond acceptors (Lipinski definition) is 8. The highest BCUT2D eigenvalue weighted by atomic mass is 33.1. The van der Waals surface area contributed by atoms with Crippen LogP contribution in [-0.2, 0) is 14.3 Å². The average molecular weight is 708 g/mol. The third-order valence-corrected chi connectivity index (χ3v) is 9.55. The minimum absolute atomic E-state index is 0.0225. The van der Waals surface area contributed by atoms with Crippen LogP contribution in [0, 0.1) is 0 Å². The molecule has 0 radical (unpaired) electrons. The van der Waals surface area contributed by atoms with Crippen LogP contribution < -0.4 is 16.0 Å². The summed E-state index contributed by atoms with van der Waals surface area (Å²) >= 11 is 0. The van der Waals surface area contributed by atoms with Gasteiger partial charge in [-0.25, -0.2) is 4.79 Å². The Morgan fingerprint density at radius 2 is 1.27 bits per heavy atom. The Hall–Kier alpha value is -2.73. The maximum atomic E-state index is 12.9. The molecule has 0 saturated heterocycles. The van der Waals surface area contributed by atoms with Crippen LogP contribution in [0.2, 0.25) is 0 Å². The van der Waals surface area contributed by atoms with Crippen molar-refractivity contribution >= 4 is 39.5 Å². The van der Waals surface area contributed by atoms with Crippen molar-refractivity contribution in [2.45, 2.75) is 115 Å². The Labute approximate surface area is 297 Å². The Bertz CT molecular complexity index is 1080. The van der Waals surface area contributed by atoms with Gasteiger partial charge in [-0.15, -0.1) is 0 Å². The van der Waals surface area contributed by atoms with Crippen molar-refractivity contribution in [3.05, 3.63) is 72.9 Å². The average Bonchev–Trinajstić information content (AvgIpc) is 3.02. The van der Waals surface area contributed by atoms with Gasteiger partial charge >= 0.3 is 6.09 Å². The first-order valence-corrected chi connectivity index (χ1v) is 19.2. The summed E-state index contributed by atoms with van der Waals surface area (Å²) in [5.41, 5.74) is -0.742. The molecule has 0 aromatic rings. The smallest absolute Gasteiger partial charge is 0.408 e. The van der Waals surface area contributed by atoms with Gasteiger partial charge in [0.25, 0.3) is 0 Å². The van der Waals surface area contributed by atoms with Gasteiger partial charge in [-0.05, 0) is 79.6 Å². The summed E-state index contributed by atoms with van der Waals surface area (Å²) in [6, 6.07) is -0.980. The van der Waals surface area contributed by atoms with Gasteiger partial charge in [0.2, 0.25) is 11.8 Å². The van der Waals surface area contributed by atoms with Crippen molar-refractivity contribution in [3.8, 4) is 0 Å². The lowest BCUT2D eigenvalue weighted by Crippen LogP contribution is -2.57. The van der Waals surface area contributed by atoms with E-state index in [1.807, 2.05) is 19.9 Å². The zero-order chi connectivity index (χ0) is 36.1. The van der Waals surface area contributed by atoms with Gasteiger partial charge in [0, 0.05) is 25.3 Å². The lowest BCUT2D eigenvalue weighted by atomic mass is 10.0. The first-order valence-electron chi connectivity index (χ1n) is 16.9. The number of aliphatic hydroxyl groups excluding tert-OH is 2. The van der Waals surface area contributed by atoms with Crippen molar-refractivity contribution in [3.63, 3.8) is 0 Å². The first kappa shape index (κ1) is 45.3. The summed E-state index contributed by atoms with van der Waals surface area (Å²) in [5, 5.41) is 26.8. The number of aliphatic hydroxyl groups is 2. The molecule has 0 fully saturated rings. The summed E-state index contributed by atoms with van der Waals surface area (Å²) in [7, 11) is 2.88. The number of hydrogen-bond donors (Lipinski definition) is 5. The van der Waals surface area contributed by atoms with Gasteiger partial charge in [0.15, 0.2) is 0 Å². The van der Waals surface area contributed by atoms with Gasteiger partial charge < -0.3 is 30.9 Å². The predicted molar refractivity (Wildman–Crippen MR) is 204 cm³/mol. The first-order chi connectivity index (χ1) is 22.8. The van der Waals surface area contributed by atoms with Gasteiger partial charge in [-0.2, -0.15) is 0 Å².